The maximum atomic E-state index is 13.2. The third kappa shape index (κ3) is 4.61. The van der Waals surface area contributed by atoms with E-state index in [0.717, 1.165) is 11.6 Å². The van der Waals surface area contributed by atoms with Crippen LogP contribution in [0, 0.1) is 21.7 Å². The first kappa shape index (κ1) is 15.1. The van der Waals surface area contributed by atoms with Gasteiger partial charge < -0.3 is 5.32 Å². The van der Waals surface area contributed by atoms with Crippen LogP contribution in [0.2, 0.25) is 0 Å². The number of non-ortho nitro benzene ring substituents is 1. The Morgan fingerprint density at radius 2 is 1.81 bits per heavy atom. The molecule has 0 aliphatic heterocycles. The Morgan fingerprint density at radius 3 is 2.52 bits per heavy atom. The molecule has 2 aromatic rings. The first-order chi connectivity index (χ1) is 10.0. The number of nitrogens with one attached hydrogen (secondary N) is 1. The summed E-state index contributed by atoms with van der Waals surface area (Å²) in [6.45, 7) is 0.877. The Kier molecular flexibility index (Phi) is 4.94. The van der Waals surface area contributed by atoms with Crippen LogP contribution >= 0.6 is 0 Å². The summed E-state index contributed by atoms with van der Waals surface area (Å²) >= 11 is 0. The number of nitro groups is 1. The molecular weight excluding hydrogens is 278 g/mol. The minimum Gasteiger partial charge on any atom is -0.312 e. The van der Waals surface area contributed by atoms with Crippen LogP contribution in [-0.2, 0) is 13.0 Å². The monoisotopic (exact) mass is 292 g/mol. The Bertz CT molecular complexity index is 647. The number of benzene rings is 2. The summed E-state index contributed by atoms with van der Waals surface area (Å²) in [5, 5.41) is 13.7. The highest BCUT2D eigenvalue weighted by atomic mass is 19.1. The lowest BCUT2D eigenvalue weighted by molar-refractivity contribution is -0.385. The first-order valence-electron chi connectivity index (χ1n) is 6.43. The molecule has 6 heteroatoms. The zero-order chi connectivity index (χ0) is 15.2. The number of nitro benzene ring substituents is 1. The second-order valence-electron chi connectivity index (χ2n) is 4.63. The van der Waals surface area contributed by atoms with Gasteiger partial charge in [0.15, 0.2) is 0 Å². The normalized spacial score (nSPS) is 10.6. The summed E-state index contributed by atoms with van der Waals surface area (Å²) < 4.78 is 26.2. The smallest absolute Gasteiger partial charge is 0.272 e. The lowest BCUT2D eigenvalue weighted by Crippen LogP contribution is -2.17. The number of hydrogen-bond acceptors (Lipinski definition) is 3. The predicted molar refractivity (Wildman–Crippen MR) is 74.9 cm³/mol. The lowest BCUT2D eigenvalue weighted by Gasteiger charge is -2.06. The van der Waals surface area contributed by atoms with Gasteiger partial charge in [0, 0.05) is 12.6 Å². The van der Waals surface area contributed by atoms with Gasteiger partial charge in [-0.25, -0.2) is 8.78 Å². The highest BCUT2D eigenvalue weighted by Gasteiger charge is 2.09. The molecule has 1 N–H and O–H groups in total. The van der Waals surface area contributed by atoms with Gasteiger partial charge in [-0.2, -0.15) is 0 Å². The predicted octanol–water partition coefficient (Wildman–Crippen LogP) is 3.21. The maximum Gasteiger partial charge on any atom is 0.272 e. The molecule has 2 rings (SSSR count). The average Bonchev–Trinajstić information content (AvgIpc) is 2.43. The van der Waals surface area contributed by atoms with Gasteiger partial charge in [0.25, 0.3) is 5.69 Å². The van der Waals surface area contributed by atoms with E-state index in [0.29, 0.717) is 25.1 Å². The molecule has 4 nitrogen and oxygen atoms in total. The lowest BCUT2D eigenvalue weighted by atomic mass is 10.1. The Balaban J connectivity index is 1.87. The summed E-state index contributed by atoms with van der Waals surface area (Å²) in [5.74, 6) is -0.917. The van der Waals surface area contributed by atoms with E-state index in [-0.39, 0.29) is 11.5 Å². The van der Waals surface area contributed by atoms with E-state index in [9.17, 15) is 18.9 Å². The van der Waals surface area contributed by atoms with Gasteiger partial charge in [-0.3, -0.25) is 10.1 Å². The number of nitrogens with zero attached hydrogens (tertiary/aromatic N) is 1. The van der Waals surface area contributed by atoms with E-state index < -0.39 is 10.7 Å². The fraction of sp³-hybridized carbons (Fsp3) is 0.200. The molecule has 0 unspecified atom stereocenters. The summed E-state index contributed by atoms with van der Waals surface area (Å²) in [4.78, 5) is 10.0. The minimum atomic E-state index is -0.633. The fourth-order valence-electron chi connectivity index (χ4n) is 2.00. The largest absolute Gasteiger partial charge is 0.312 e. The van der Waals surface area contributed by atoms with Crippen molar-refractivity contribution in [1.82, 2.24) is 5.32 Å². The molecule has 0 aliphatic rings. The summed E-state index contributed by atoms with van der Waals surface area (Å²) in [7, 11) is 0. The van der Waals surface area contributed by atoms with Crippen molar-refractivity contribution in [2.45, 2.75) is 13.0 Å². The van der Waals surface area contributed by atoms with Crippen molar-refractivity contribution >= 4 is 5.69 Å². The summed E-state index contributed by atoms with van der Waals surface area (Å²) in [6.07, 6.45) is 0.620. The molecule has 0 aliphatic carbocycles. The van der Waals surface area contributed by atoms with Crippen molar-refractivity contribution in [3.05, 3.63) is 75.3 Å². The van der Waals surface area contributed by atoms with Gasteiger partial charge in [-0.05, 0) is 42.3 Å². The van der Waals surface area contributed by atoms with Gasteiger partial charge in [-0.15, -0.1) is 0 Å². The third-order valence-electron chi connectivity index (χ3n) is 2.96. The Labute approximate surface area is 120 Å². The molecule has 0 saturated carbocycles. The van der Waals surface area contributed by atoms with Crippen LogP contribution in [0.1, 0.15) is 11.1 Å². The van der Waals surface area contributed by atoms with Crippen molar-refractivity contribution in [3.63, 3.8) is 0 Å². The van der Waals surface area contributed by atoms with Crippen molar-refractivity contribution < 1.29 is 13.7 Å². The van der Waals surface area contributed by atoms with Crippen molar-refractivity contribution in [3.8, 4) is 0 Å². The molecule has 0 saturated heterocycles. The van der Waals surface area contributed by atoms with Crippen LogP contribution < -0.4 is 5.32 Å². The number of rotatable bonds is 6. The standard InChI is InChI=1S/C15H14F2N2O2/c16-13-3-1-2-11(6-13)4-5-18-10-12-7-14(17)9-15(8-12)19(20)21/h1-3,6-9,18H,4-5,10H2. The topological polar surface area (TPSA) is 55.2 Å². The van der Waals surface area contributed by atoms with Gasteiger partial charge in [0.05, 0.1) is 11.0 Å². The van der Waals surface area contributed by atoms with E-state index in [1.807, 2.05) is 6.07 Å². The zero-order valence-electron chi connectivity index (χ0n) is 11.2. The van der Waals surface area contributed by atoms with Gasteiger partial charge in [-0.1, -0.05) is 12.1 Å². The molecule has 0 aromatic heterocycles. The molecule has 0 spiro atoms. The van der Waals surface area contributed by atoms with Crippen molar-refractivity contribution in [2.24, 2.45) is 0 Å². The SMILES string of the molecule is O=[N+]([O-])c1cc(F)cc(CNCCc2cccc(F)c2)c1. The van der Waals surface area contributed by atoms with Gasteiger partial charge in [0.2, 0.25) is 0 Å². The second-order valence-corrected chi connectivity index (χ2v) is 4.63. The fourth-order valence-corrected chi connectivity index (χ4v) is 2.00. The molecule has 0 amide bonds. The molecule has 2 aromatic carbocycles. The van der Waals surface area contributed by atoms with Crippen molar-refractivity contribution in [2.75, 3.05) is 6.54 Å². The van der Waals surface area contributed by atoms with E-state index in [2.05, 4.69) is 5.32 Å². The molecule has 110 valence electrons. The molecule has 0 atom stereocenters. The molecule has 0 fully saturated rings. The van der Waals surface area contributed by atoms with Crippen LogP contribution in [-0.4, -0.2) is 11.5 Å². The van der Waals surface area contributed by atoms with E-state index >= 15 is 0 Å². The molecule has 0 bridgehead atoms. The quantitative estimate of drug-likeness (QED) is 0.505. The maximum absolute atomic E-state index is 13.2. The molecular formula is C15H14F2N2O2. The number of hydrogen-bond donors (Lipinski definition) is 1. The third-order valence-corrected chi connectivity index (χ3v) is 2.96. The van der Waals surface area contributed by atoms with Crippen LogP contribution in [0.4, 0.5) is 14.5 Å². The van der Waals surface area contributed by atoms with Crippen molar-refractivity contribution in [1.29, 1.82) is 0 Å². The summed E-state index contributed by atoms with van der Waals surface area (Å²) in [5.41, 5.74) is 1.09. The van der Waals surface area contributed by atoms with Crippen LogP contribution in [0.5, 0.6) is 0 Å². The van der Waals surface area contributed by atoms with Crippen LogP contribution in [0.25, 0.3) is 0 Å². The summed E-state index contributed by atoms with van der Waals surface area (Å²) in [6, 6.07) is 9.76. The molecule has 0 radical (unpaired) electrons. The van der Waals surface area contributed by atoms with E-state index in [4.69, 9.17) is 0 Å². The van der Waals surface area contributed by atoms with Gasteiger partial charge in [0.1, 0.15) is 11.6 Å². The second kappa shape index (κ2) is 6.90. The van der Waals surface area contributed by atoms with Crippen LogP contribution in [0.3, 0.4) is 0 Å². The number of halogens is 2. The van der Waals surface area contributed by atoms with E-state index in [1.54, 1.807) is 6.07 Å². The Morgan fingerprint density at radius 1 is 1.05 bits per heavy atom. The van der Waals surface area contributed by atoms with E-state index in [1.165, 1.54) is 24.3 Å². The highest BCUT2D eigenvalue weighted by molar-refractivity contribution is 5.35. The highest BCUT2D eigenvalue weighted by Crippen LogP contribution is 2.16. The van der Waals surface area contributed by atoms with Gasteiger partial charge >= 0.3 is 0 Å². The Hall–Kier alpha value is -2.34. The first-order valence-corrected chi connectivity index (χ1v) is 6.43. The average molecular weight is 292 g/mol. The van der Waals surface area contributed by atoms with Crippen LogP contribution in [0.15, 0.2) is 42.5 Å². The molecule has 0 heterocycles. The molecule has 21 heavy (non-hydrogen) atoms. The minimum absolute atomic E-state index is 0.267. The zero-order valence-corrected chi connectivity index (χ0v) is 11.2.